The van der Waals surface area contributed by atoms with E-state index in [0.717, 1.165) is 36.7 Å². The number of nitrogens with one attached hydrogen (secondary N) is 2. The zero-order chi connectivity index (χ0) is 13.1. The van der Waals surface area contributed by atoms with Gasteiger partial charge in [-0.2, -0.15) is 11.8 Å². The summed E-state index contributed by atoms with van der Waals surface area (Å²) in [6.07, 6.45) is 1.20. The van der Waals surface area contributed by atoms with Gasteiger partial charge >= 0.3 is 0 Å². The van der Waals surface area contributed by atoms with E-state index in [1.807, 2.05) is 11.8 Å². The molecular formula is C13H18N2O2S2. The Morgan fingerprint density at radius 1 is 1.58 bits per heavy atom. The lowest BCUT2D eigenvalue weighted by Gasteiger charge is -2.23. The summed E-state index contributed by atoms with van der Waals surface area (Å²) in [6.45, 7) is 3.03. The Labute approximate surface area is 121 Å². The summed E-state index contributed by atoms with van der Waals surface area (Å²) in [6, 6.07) is 2.06. The maximum absolute atomic E-state index is 12.1. The molecule has 1 aromatic rings. The minimum absolute atomic E-state index is 0.0403. The number of hydrogen-bond donors (Lipinski definition) is 2. The van der Waals surface area contributed by atoms with E-state index >= 15 is 0 Å². The number of carbonyl (C=O) groups excluding carboxylic acids is 1. The van der Waals surface area contributed by atoms with Crippen molar-refractivity contribution in [1.82, 2.24) is 10.6 Å². The van der Waals surface area contributed by atoms with Crippen LogP contribution in [-0.2, 0) is 16.9 Å². The predicted octanol–water partition coefficient (Wildman–Crippen LogP) is 1.26. The van der Waals surface area contributed by atoms with Crippen molar-refractivity contribution in [2.45, 2.75) is 18.3 Å². The van der Waals surface area contributed by atoms with Crippen LogP contribution in [0, 0.1) is 0 Å². The standard InChI is InChI=1S/C13H18N2O2S2/c16-13(15-7-10-6-14-2-3-17-10)12-5-9-8-18-4-1-11(9)19-12/h5,10,14H,1-4,6-8H2,(H,15,16). The van der Waals surface area contributed by atoms with Gasteiger partial charge in [-0.3, -0.25) is 4.79 Å². The van der Waals surface area contributed by atoms with Crippen LogP contribution < -0.4 is 10.6 Å². The summed E-state index contributed by atoms with van der Waals surface area (Å²) in [5, 5.41) is 6.24. The Morgan fingerprint density at radius 2 is 2.53 bits per heavy atom. The molecule has 3 rings (SSSR count). The molecule has 104 valence electrons. The van der Waals surface area contributed by atoms with Crippen LogP contribution in [-0.4, -0.2) is 44.0 Å². The summed E-state index contributed by atoms with van der Waals surface area (Å²) >= 11 is 3.59. The molecule has 0 radical (unpaired) electrons. The highest BCUT2D eigenvalue weighted by molar-refractivity contribution is 7.98. The Kier molecular flexibility index (Phi) is 4.42. The Hall–Kier alpha value is -0.560. The zero-order valence-corrected chi connectivity index (χ0v) is 12.4. The minimum atomic E-state index is 0.0403. The van der Waals surface area contributed by atoms with Crippen molar-refractivity contribution in [3.05, 3.63) is 21.4 Å². The van der Waals surface area contributed by atoms with Crippen molar-refractivity contribution >= 4 is 29.0 Å². The minimum Gasteiger partial charge on any atom is -0.374 e. The summed E-state index contributed by atoms with van der Waals surface area (Å²) in [5.74, 6) is 2.27. The number of aryl methyl sites for hydroxylation is 1. The summed E-state index contributed by atoms with van der Waals surface area (Å²) in [7, 11) is 0. The topological polar surface area (TPSA) is 50.4 Å². The number of morpholine rings is 1. The first-order chi connectivity index (χ1) is 9.33. The molecule has 1 saturated heterocycles. The molecule has 1 atom stereocenters. The normalized spacial score (nSPS) is 22.8. The fraction of sp³-hybridized carbons (Fsp3) is 0.615. The number of hydrogen-bond acceptors (Lipinski definition) is 5. The van der Waals surface area contributed by atoms with Crippen molar-refractivity contribution in [1.29, 1.82) is 0 Å². The molecule has 2 aliphatic heterocycles. The van der Waals surface area contributed by atoms with Crippen LogP contribution in [0.1, 0.15) is 20.1 Å². The van der Waals surface area contributed by atoms with E-state index in [9.17, 15) is 4.79 Å². The number of fused-ring (bicyclic) bond motifs is 1. The molecule has 0 saturated carbocycles. The molecule has 2 N–H and O–H groups in total. The van der Waals surface area contributed by atoms with Gasteiger partial charge in [-0.1, -0.05) is 0 Å². The van der Waals surface area contributed by atoms with Gasteiger partial charge in [0.15, 0.2) is 0 Å². The van der Waals surface area contributed by atoms with Crippen LogP contribution in [0.25, 0.3) is 0 Å². The van der Waals surface area contributed by atoms with Gasteiger partial charge in [0.05, 0.1) is 17.6 Å². The van der Waals surface area contributed by atoms with Crippen LogP contribution in [0.5, 0.6) is 0 Å². The molecule has 6 heteroatoms. The van der Waals surface area contributed by atoms with Crippen molar-refractivity contribution in [3.63, 3.8) is 0 Å². The van der Waals surface area contributed by atoms with Crippen molar-refractivity contribution in [3.8, 4) is 0 Å². The first kappa shape index (κ1) is 13.4. The third-order valence-electron chi connectivity index (χ3n) is 3.35. The van der Waals surface area contributed by atoms with Gasteiger partial charge in [-0.15, -0.1) is 11.3 Å². The lowest BCUT2D eigenvalue weighted by atomic mass is 10.2. The summed E-state index contributed by atoms with van der Waals surface area (Å²) < 4.78 is 5.57. The second-order valence-electron chi connectivity index (χ2n) is 4.77. The Bertz CT molecular complexity index is 432. The molecule has 1 fully saturated rings. The van der Waals surface area contributed by atoms with Crippen molar-refractivity contribution in [2.24, 2.45) is 0 Å². The van der Waals surface area contributed by atoms with E-state index in [4.69, 9.17) is 4.74 Å². The highest BCUT2D eigenvalue weighted by Gasteiger charge is 2.19. The van der Waals surface area contributed by atoms with E-state index in [2.05, 4.69) is 16.7 Å². The van der Waals surface area contributed by atoms with E-state index in [1.54, 1.807) is 11.3 Å². The molecule has 0 spiro atoms. The first-order valence-corrected chi connectivity index (χ1v) is 8.60. The lowest BCUT2D eigenvalue weighted by Crippen LogP contribution is -2.45. The molecule has 19 heavy (non-hydrogen) atoms. The molecule has 2 aliphatic rings. The molecule has 1 aromatic heterocycles. The molecule has 0 bridgehead atoms. The second-order valence-corrected chi connectivity index (χ2v) is 7.01. The van der Waals surface area contributed by atoms with Gasteiger partial charge in [0.1, 0.15) is 0 Å². The lowest BCUT2D eigenvalue weighted by molar-refractivity contribution is 0.0287. The van der Waals surface area contributed by atoms with Gasteiger partial charge in [0.2, 0.25) is 0 Å². The first-order valence-electron chi connectivity index (χ1n) is 6.63. The number of carbonyl (C=O) groups is 1. The van der Waals surface area contributed by atoms with E-state index in [-0.39, 0.29) is 12.0 Å². The quantitative estimate of drug-likeness (QED) is 0.882. The second kappa shape index (κ2) is 6.26. The molecule has 1 amide bonds. The van der Waals surface area contributed by atoms with Gasteiger partial charge < -0.3 is 15.4 Å². The number of rotatable bonds is 3. The molecule has 0 aliphatic carbocycles. The van der Waals surface area contributed by atoms with Gasteiger partial charge in [0, 0.05) is 30.3 Å². The molecule has 1 unspecified atom stereocenters. The average Bonchev–Trinajstić information content (AvgIpc) is 2.90. The maximum atomic E-state index is 12.1. The van der Waals surface area contributed by atoms with Crippen LogP contribution in [0.2, 0.25) is 0 Å². The highest BCUT2D eigenvalue weighted by Crippen LogP contribution is 2.31. The maximum Gasteiger partial charge on any atom is 0.261 e. The predicted molar refractivity (Wildman–Crippen MR) is 79.1 cm³/mol. The fourth-order valence-corrected chi connectivity index (χ4v) is 4.59. The van der Waals surface area contributed by atoms with Gasteiger partial charge in [-0.05, 0) is 23.8 Å². The van der Waals surface area contributed by atoms with Gasteiger partial charge in [-0.25, -0.2) is 0 Å². The van der Waals surface area contributed by atoms with Crippen molar-refractivity contribution in [2.75, 3.05) is 32.0 Å². The SMILES string of the molecule is O=C(NCC1CNCCO1)c1cc2c(s1)CCSC2. The van der Waals surface area contributed by atoms with Gasteiger partial charge in [0.25, 0.3) is 5.91 Å². The van der Waals surface area contributed by atoms with Crippen LogP contribution in [0.4, 0.5) is 0 Å². The highest BCUT2D eigenvalue weighted by atomic mass is 32.2. The van der Waals surface area contributed by atoms with E-state index in [1.165, 1.54) is 16.2 Å². The van der Waals surface area contributed by atoms with Crippen LogP contribution in [0.15, 0.2) is 6.07 Å². The average molecular weight is 298 g/mol. The molecular weight excluding hydrogens is 280 g/mol. The summed E-state index contributed by atoms with van der Waals surface area (Å²) in [5.41, 5.74) is 1.35. The molecule has 0 aromatic carbocycles. The van der Waals surface area contributed by atoms with Crippen LogP contribution in [0.3, 0.4) is 0 Å². The number of thiophene rings is 1. The van der Waals surface area contributed by atoms with Crippen molar-refractivity contribution < 1.29 is 9.53 Å². The zero-order valence-electron chi connectivity index (χ0n) is 10.7. The van der Waals surface area contributed by atoms with E-state index in [0.29, 0.717) is 6.54 Å². The Balaban J connectivity index is 1.56. The smallest absolute Gasteiger partial charge is 0.261 e. The van der Waals surface area contributed by atoms with E-state index < -0.39 is 0 Å². The Morgan fingerprint density at radius 3 is 3.32 bits per heavy atom. The van der Waals surface area contributed by atoms with Crippen LogP contribution >= 0.6 is 23.1 Å². The monoisotopic (exact) mass is 298 g/mol. The largest absolute Gasteiger partial charge is 0.374 e. The fourth-order valence-electron chi connectivity index (χ4n) is 2.30. The number of thioether (sulfide) groups is 1. The third-order valence-corrected chi connectivity index (χ3v) is 5.59. The summed E-state index contributed by atoms with van der Waals surface area (Å²) in [4.78, 5) is 14.4. The number of ether oxygens (including phenoxy) is 1. The number of amides is 1. The molecule has 3 heterocycles. The third kappa shape index (κ3) is 3.31. The molecule has 4 nitrogen and oxygen atoms in total.